The molecule has 0 atom stereocenters. The van der Waals surface area contributed by atoms with Gasteiger partial charge >= 0.3 is 0 Å². The van der Waals surface area contributed by atoms with Crippen LogP contribution in [0.2, 0.25) is 0 Å². The molecule has 8 heteroatoms. The van der Waals surface area contributed by atoms with Crippen molar-refractivity contribution < 1.29 is 22.7 Å². The molecule has 0 radical (unpaired) electrons. The van der Waals surface area contributed by atoms with Gasteiger partial charge in [-0.05, 0) is 42.0 Å². The maximum Gasteiger partial charge on any atom is 0.245 e. The molecule has 3 aromatic carbocycles. The highest BCUT2D eigenvalue weighted by Crippen LogP contribution is 2.29. The summed E-state index contributed by atoms with van der Waals surface area (Å²) in [4.78, 5) is 12.5. The molecule has 1 N–H and O–H groups in total. The largest absolute Gasteiger partial charge is 0.495 e. The first-order chi connectivity index (χ1) is 14.9. The highest BCUT2D eigenvalue weighted by molar-refractivity contribution is 7.92. The highest BCUT2D eigenvalue weighted by Gasteiger charge is 2.23. The van der Waals surface area contributed by atoms with E-state index in [0.717, 1.165) is 16.1 Å². The molecule has 0 aliphatic heterocycles. The molecule has 7 nitrogen and oxygen atoms in total. The van der Waals surface area contributed by atoms with E-state index in [1.54, 1.807) is 48.5 Å². The Morgan fingerprint density at radius 3 is 2.23 bits per heavy atom. The van der Waals surface area contributed by atoms with E-state index in [1.165, 1.54) is 7.11 Å². The third-order valence-electron chi connectivity index (χ3n) is 4.43. The summed E-state index contributed by atoms with van der Waals surface area (Å²) in [6.07, 6.45) is 1.05. The standard InChI is InChI=1S/C23H24N2O5S/c1-29-22-11-7-6-10-21(22)25(31(2,27)28)16-23(26)24-19-12-14-20(15-13-19)30-17-18-8-4-3-5-9-18/h3-15H,16-17H2,1-2H3,(H,24,26). The van der Waals surface area contributed by atoms with Gasteiger partial charge in [-0.2, -0.15) is 0 Å². The lowest BCUT2D eigenvalue weighted by Gasteiger charge is -2.23. The van der Waals surface area contributed by atoms with E-state index in [4.69, 9.17) is 9.47 Å². The predicted molar refractivity (Wildman–Crippen MR) is 121 cm³/mol. The number of anilines is 2. The van der Waals surface area contributed by atoms with Crippen LogP contribution in [0.1, 0.15) is 5.56 Å². The fourth-order valence-corrected chi connectivity index (χ4v) is 3.78. The molecule has 0 bridgehead atoms. The van der Waals surface area contributed by atoms with E-state index in [0.29, 0.717) is 29.5 Å². The van der Waals surface area contributed by atoms with Crippen LogP contribution in [0.25, 0.3) is 0 Å². The maximum atomic E-state index is 12.5. The van der Waals surface area contributed by atoms with Crippen molar-refractivity contribution >= 4 is 27.3 Å². The predicted octanol–water partition coefficient (Wildman–Crippen LogP) is 3.68. The molecule has 0 saturated carbocycles. The van der Waals surface area contributed by atoms with E-state index < -0.39 is 15.9 Å². The molecule has 3 aromatic rings. The second kappa shape index (κ2) is 9.99. The van der Waals surface area contributed by atoms with Crippen LogP contribution in [0.15, 0.2) is 78.9 Å². The normalized spacial score (nSPS) is 10.9. The second-order valence-electron chi connectivity index (χ2n) is 6.79. The average molecular weight is 441 g/mol. The van der Waals surface area contributed by atoms with Gasteiger partial charge < -0.3 is 14.8 Å². The molecular formula is C23H24N2O5S. The van der Waals surface area contributed by atoms with Crippen LogP contribution in [0.3, 0.4) is 0 Å². The number of methoxy groups -OCH3 is 1. The van der Waals surface area contributed by atoms with Crippen molar-refractivity contribution in [2.45, 2.75) is 6.61 Å². The molecule has 0 aromatic heterocycles. The topological polar surface area (TPSA) is 84.9 Å². The van der Waals surface area contributed by atoms with E-state index in [-0.39, 0.29) is 6.54 Å². The molecule has 0 fully saturated rings. The van der Waals surface area contributed by atoms with Crippen LogP contribution in [0.5, 0.6) is 11.5 Å². The van der Waals surface area contributed by atoms with Gasteiger partial charge in [0.15, 0.2) is 0 Å². The van der Waals surface area contributed by atoms with Crippen LogP contribution >= 0.6 is 0 Å². The quantitative estimate of drug-likeness (QED) is 0.549. The number of nitrogens with one attached hydrogen (secondary N) is 1. The summed E-state index contributed by atoms with van der Waals surface area (Å²) in [5.41, 5.74) is 1.88. The SMILES string of the molecule is COc1ccccc1N(CC(=O)Nc1ccc(OCc2ccccc2)cc1)S(C)(=O)=O. The Labute approximate surface area is 182 Å². The summed E-state index contributed by atoms with van der Waals surface area (Å²) in [6, 6.07) is 23.3. The first-order valence-corrected chi connectivity index (χ1v) is 11.4. The zero-order chi connectivity index (χ0) is 22.3. The number of ether oxygens (including phenoxy) is 2. The van der Waals surface area contributed by atoms with Gasteiger partial charge in [0.05, 0.1) is 19.1 Å². The van der Waals surface area contributed by atoms with Crippen molar-refractivity contribution in [2.75, 3.05) is 29.5 Å². The Balaban J connectivity index is 1.64. The number of sulfonamides is 1. The van der Waals surface area contributed by atoms with Crippen LogP contribution in [0.4, 0.5) is 11.4 Å². The number of nitrogens with zero attached hydrogens (tertiary/aromatic N) is 1. The summed E-state index contributed by atoms with van der Waals surface area (Å²) < 4.78 is 36.6. The second-order valence-corrected chi connectivity index (χ2v) is 8.70. The fourth-order valence-electron chi connectivity index (χ4n) is 2.92. The minimum Gasteiger partial charge on any atom is -0.495 e. The molecule has 0 aliphatic carbocycles. The summed E-state index contributed by atoms with van der Waals surface area (Å²) in [5, 5.41) is 2.71. The number of rotatable bonds is 9. The molecule has 3 rings (SSSR count). The summed E-state index contributed by atoms with van der Waals surface area (Å²) in [7, 11) is -2.26. The van der Waals surface area contributed by atoms with Crippen molar-refractivity contribution in [3.8, 4) is 11.5 Å². The third kappa shape index (κ3) is 6.23. The monoisotopic (exact) mass is 440 g/mol. The number of amides is 1. The fraction of sp³-hybridized carbons (Fsp3) is 0.174. The van der Waals surface area contributed by atoms with Crippen LogP contribution in [0, 0.1) is 0 Å². The lowest BCUT2D eigenvalue weighted by Crippen LogP contribution is -2.37. The van der Waals surface area contributed by atoms with Gasteiger partial charge in [0, 0.05) is 5.69 Å². The molecule has 0 spiro atoms. The molecule has 0 unspecified atom stereocenters. The molecule has 162 valence electrons. The first-order valence-electron chi connectivity index (χ1n) is 9.54. The number of carbonyl (C=O) groups is 1. The van der Waals surface area contributed by atoms with E-state index >= 15 is 0 Å². The Morgan fingerprint density at radius 2 is 1.58 bits per heavy atom. The number of hydrogen-bond acceptors (Lipinski definition) is 5. The average Bonchev–Trinajstić information content (AvgIpc) is 2.77. The van der Waals surface area contributed by atoms with Gasteiger partial charge in [0.25, 0.3) is 0 Å². The minimum absolute atomic E-state index is 0.298. The molecule has 1 amide bonds. The Morgan fingerprint density at radius 1 is 0.935 bits per heavy atom. The first kappa shape index (κ1) is 22.2. The number of carbonyl (C=O) groups excluding carboxylic acids is 1. The lowest BCUT2D eigenvalue weighted by molar-refractivity contribution is -0.114. The van der Waals surface area contributed by atoms with Gasteiger partial charge in [-0.3, -0.25) is 9.10 Å². The lowest BCUT2D eigenvalue weighted by atomic mass is 10.2. The Bertz CT molecular complexity index is 1120. The number of para-hydroxylation sites is 2. The maximum absolute atomic E-state index is 12.5. The van der Waals surface area contributed by atoms with Gasteiger partial charge in [0.2, 0.25) is 15.9 Å². The molecule has 0 aliphatic rings. The van der Waals surface area contributed by atoms with Crippen molar-refractivity contribution in [3.63, 3.8) is 0 Å². The number of benzene rings is 3. The van der Waals surface area contributed by atoms with Crippen molar-refractivity contribution in [1.82, 2.24) is 0 Å². The van der Waals surface area contributed by atoms with Gasteiger partial charge in [-0.15, -0.1) is 0 Å². The van der Waals surface area contributed by atoms with Gasteiger partial charge in [-0.1, -0.05) is 42.5 Å². The van der Waals surface area contributed by atoms with E-state index in [9.17, 15) is 13.2 Å². The van der Waals surface area contributed by atoms with Crippen LogP contribution < -0.4 is 19.1 Å². The minimum atomic E-state index is -3.71. The molecule has 0 saturated heterocycles. The van der Waals surface area contributed by atoms with Crippen molar-refractivity contribution in [1.29, 1.82) is 0 Å². The van der Waals surface area contributed by atoms with Crippen LogP contribution in [-0.4, -0.2) is 34.2 Å². The van der Waals surface area contributed by atoms with Crippen LogP contribution in [-0.2, 0) is 21.4 Å². The number of hydrogen-bond donors (Lipinski definition) is 1. The van der Waals surface area contributed by atoms with Crippen molar-refractivity contribution in [3.05, 3.63) is 84.4 Å². The van der Waals surface area contributed by atoms with E-state index in [1.807, 2.05) is 30.3 Å². The molecule has 31 heavy (non-hydrogen) atoms. The van der Waals surface area contributed by atoms with E-state index in [2.05, 4.69) is 5.32 Å². The Hall–Kier alpha value is -3.52. The Kier molecular flexibility index (Phi) is 7.15. The van der Waals surface area contributed by atoms with Gasteiger partial charge in [0.1, 0.15) is 24.7 Å². The zero-order valence-electron chi connectivity index (χ0n) is 17.3. The smallest absolute Gasteiger partial charge is 0.245 e. The van der Waals surface area contributed by atoms with Gasteiger partial charge in [-0.25, -0.2) is 8.42 Å². The zero-order valence-corrected chi connectivity index (χ0v) is 18.1. The summed E-state index contributed by atoms with van der Waals surface area (Å²) >= 11 is 0. The van der Waals surface area contributed by atoms with Crippen molar-refractivity contribution in [2.24, 2.45) is 0 Å². The third-order valence-corrected chi connectivity index (χ3v) is 5.55. The highest BCUT2D eigenvalue weighted by atomic mass is 32.2. The molecular weight excluding hydrogens is 416 g/mol. The summed E-state index contributed by atoms with van der Waals surface area (Å²) in [5.74, 6) is 0.545. The molecule has 0 heterocycles. The summed E-state index contributed by atoms with van der Waals surface area (Å²) in [6.45, 7) is 0.0558.